The number of hydrogen-bond donors (Lipinski definition) is 0. The molecule has 3 aromatic carbocycles. The molecule has 0 fully saturated rings. The molecule has 0 aliphatic rings. The van der Waals surface area contributed by atoms with Crippen molar-refractivity contribution in [1.82, 2.24) is 9.78 Å². The molecule has 36 heavy (non-hydrogen) atoms. The minimum atomic E-state index is -4.57. The second-order valence-corrected chi connectivity index (χ2v) is 9.38. The van der Waals surface area contributed by atoms with Crippen molar-refractivity contribution in [3.63, 3.8) is 0 Å². The summed E-state index contributed by atoms with van der Waals surface area (Å²) in [6.45, 7) is 4.44. The SMILES string of the molecule is CCOc1ccc2ccccc2c1Cc1c(CC)nn(-c2c(Cl)cc(C(F)(F)F)cc2Cl)c1N(C)C. The number of nitrogens with zero attached hydrogens (tertiary/aromatic N) is 3. The first-order valence-electron chi connectivity index (χ1n) is 11.5. The fourth-order valence-electron chi connectivity index (χ4n) is 4.46. The van der Waals surface area contributed by atoms with Crippen molar-refractivity contribution in [2.24, 2.45) is 0 Å². The quantitative estimate of drug-likeness (QED) is 0.240. The van der Waals surface area contributed by atoms with E-state index in [1.54, 1.807) is 4.68 Å². The minimum Gasteiger partial charge on any atom is -0.494 e. The summed E-state index contributed by atoms with van der Waals surface area (Å²) >= 11 is 12.8. The second-order valence-electron chi connectivity index (χ2n) is 8.57. The number of anilines is 1. The Hall–Kier alpha value is -2.90. The molecule has 0 bridgehead atoms. The molecule has 1 aromatic heterocycles. The van der Waals surface area contributed by atoms with E-state index in [0.717, 1.165) is 45.5 Å². The number of aryl methyl sites for hydroxylation is 1. The van der Waals surface area contributed by atoms with Gasteiger partial charge < -0.3 is 9.64 Å². The van der Waals surface area contributed by atoms with Gasteiger partial charge >= 0.3 is 6.18 Å². The number of alkyl halides is 3. The average Bonchev–Trinajstić information content (AvgIpc) is 3.17. The summed E-state index contributed by atoms with van der Waals surface area (Å²) in [5.41, 5.74) is 2.02. The zero-order valence-corrected chi connectivity index (χ0v) is 21.9. The molecule has 0 N–H and O–H groups in total. The monoisotopic (exact) mass is 535 g/mol. The highest BCUT2D eigenvalue weighted by Crippen LogP contribution is 2.41. The molecule has 4 aromatic rings. The largest absolute Gasteiger partial charge is 0.494 e. The first-order valence-corrected chi connectivity index (χ1v) is 12.3. The molecule has 4 nitrogen and oxygen atoms in total. The van der Waals surface area contributed by atoms with Crippen molar-refractivity contribution < 1.29 is 17.9 Å². The maximum absolute atomic E-state index is 13.3. The zero-order valence-electron chi connectivity index (χ0n) is 20.4. The molecule has 1 heterocycles. The highest BCUT2D eigenvalue weighted by molar-refractivity contribution is 6.38. The van der Waals surface area contributed by atoms with E-state index in [1.165, 1.54) is 0 Å². The van der Waals surface area contributed by atoms with Gasteiger partial charge in [-0.15, -0.1) is 0 Å². The molecule has 0 radical (unpaired) electrons. The summed E-state index contributed by atoms with van der Waals surface area (Å²) in [6.07, 6.45) is -3.46. The van der Waals surface area contributed by atoms with Crippen LogP contribution in [0.15, 0.2) is 48.5 Å². The minimum absolute atomic E-state index is 0.130. The van der Waals surface area contributed by atoms with E-state index in [9.17, 15) is 13.2 Å². The molecule has 0 atom stereocenters. The Bertz CT molecular complexity index is 1390. The molecule has 4 rings (SSSR count). The number of aromatic nitrogens is 2. The van der Waals surface area contributed by atoms with Crippen molar-refractivity contribution in [3.05, 3.63) is 81.0 Å². The molecule has 0 saturated carbocycles. The van der Waals surface area contributed by atoms with Gasteiger partial charge in [-0.2, -0.15) is 18.3 Å². The Balaban J connectivity index is 1.95. The van der Waals surface area contributed by atoms with Crippen molar-refractivity contribution in [1.29, 1.82) is 0 Å². The van der Waals surface area contributed by atoms with Gasteiger partial charge in [0.1, 0.15) is 17.3 Å². The topological polar surface area (TPSA) is 30.3 Å². The number of benzene rings is 3. The van der Waals surface area contributed by atoms with Gasteiger partial charge in [0.2, 0.25) is 0 Å². The van der Waals surface area contributed by atoms with E-state index in [-0.39, 0.29) is 15.7 Å². The van der Waals surface area contributed by atoms with Crippen LogP contribution in [0, 0.1) is 0 Å². The highest BCUT2D eigenvalue weighted by atomic mass is 35.5. The lowest BCUT2D eigenvalue weighted by Gasteiger charge is -2.20. The number of ether oxygens (including phenoxy) is 1. The zero-order chi connectivity index (χ0) is 26.2. The van der Waals surface area contributed by atoms with Crippen LogP contribution in [0.1, 0.15) is 36.2 Å². The first kappa shape index (κ1) is 26.2. The van der Waals surface area contributed by atoms with Crippen LogP contribution in [0.2, 0.25) is 10.0 Å². The Morgan fingerprint density at radius 2 is 1.64 bits per heavy atom. The Morgan fingerprint density at radius 1 is 0.972 bits per heavy atom. The first-order chi connectivity index (χ1) is 17.1. The number of hydrogen-bond acceptors (Lipinski definition) is 3. The van der Waals surface area contributed by atoms with Crippen LogP contribution in [0.4, 0.5) is 19.0 Å². The van der Waals surface area contributed by atoms with E-state index >= 15 is 0 Å². The summed E-state index contributed by atoms with van der Waals surface area (Å²) in [4.78, 5) is 1.87. The van der Waals surface area contributed by atoms with E-state index in [0.29, 0.717) is 25.3 Å². The Morgan fingerprint density at radius 3 is 2.22 bits per heavy atom. The number of rotatable bonds is 7. The van der Waals surface area contributed by atoms with Crippen LogP contribution in [0.3, 0.4) is 0 Å². The maximum atomic E-state index is 13.3. The second kappa shape index (κ2) is 10.2. The molecule has 0 unspecified atom stereocenters. The van der Waals surface area contributed by atoms with Crippen LogP contribution in [0.5, 0.6) is 5.75 Å². The third-order valence-corrected chi connectivity index (χ3v) is 6.58. The fraction of sp³-hybridized carbons (Fsp3) is 0.296. The molecule has 0 saturated heterocycles. The van der Waals surface area contributed by atoms with Gasteiger partial charge in [0.25, 0.3) is 0 Å². The van der Waals surface area contributed by atoms with Gasteiger partial charge in [-0.3, -0.25) is 0 Å². The molecule has 190 valence electrons. The predicted octanol–water partition coefficient (Wildman–Crippen LogP) is 7.97. The lowest BCUT2D eigenvalue weighted by atomic mass is 9.96. The van der Waals surface area contributed by atoms with Gasteiger partial charge in [0.15, 0.2) is 0 Å². The molecular weight excluding hydrogens is 510 g/mol. The summed E-state index contributed by atoms with van der Waals surface area (Å²) in [5, 5.41) is 6.66. The molecule has 0 aliphatic heterocycles. The molecule has 0 aliphatic carbocycles. The fourth-order valence-corrected chi connectivity index (χ4v) is 5.11. The van der Waals surface area contributed by atoms with E-state index in [2.05, 4.69) is 6.07 Å². The molecule has 9 heteroatoms. The lowest BCUT2D eigenvalue weighted by molar-refractivity contribution is -0.137. The number of fused-ring (bicyclic) bond motifs is 1. The normalized spacial score (nSPS) is 11.8. The van der Waals surface area contributed by atoms with E-state index < -0.39 is 11.7 Å². The van der Waals surface area contributed by atoms with Gasteiger partial charge in [0, 0.05) is 31.6 Å². The molecule has 0 amide bonds. The third-order valence-electron chi connectivity index (χ3n) is 6.01. The Kier molecular flexibility index (Phi) is 7.43. The third kappa shape index (κ3) is 4.87. The van der Waals surface area contributed by atoms with Crippen molar-refractivity contribution in [2.45, 2.75) is 32.9 Å². The van der Waals surface area contributed by atoms with Gasteiger partial charge in [-0.25, -0.2) is 4.68 Å². The number of halogens is 5. The summed E-state index contributed by atoms with van der Waals surface area (Å²) < 4.78 is 47.5. The summed E-state index contributed by atoms with van der Waals surface area (Å²) in [7, 11) is 3.71. The predicted molar refractivity (Wildman–Crippen MR) is 140 cm³/mol. The van der Waals surface area contributed by atoms with Gasteiger partial charge in [-0.1, -0.05) is 60.5 Å². The van der Waals surface area contributed by atoms with Crippen molar-refractivity contribution in [3.8, 4) is 11.4 Å². The van der Waals surface area contributed by atoms with E-state index in [1.807, 2.05) is 63.2 Å². The van der Waals surface area contributed by atoms with Gasteiger partial charge in [0.05, 0.1) is 27.9 Å². The Labute approximate surface area is 218 Å². The van der Waals surface area contributed by atoms with Crippen LogP contribution < -0.4 is 9.64 Å². The average molecular weight is 536 g/mol. The molecular formula is C27H26Cl2F3N3O. The van der Waals surface area contributed by atoms with Crippen LogP contribution >= 0.6 is 23.2 Å². The summed E-state index contributed by atoms with van der Waals surface area (Å²) in [6, 6.07) is 13.8. The van der Waals surface area contributed by atoms with Crippen LogP contribution in [0.25, 0.3) is 16.5 Å². The standard InChI is InChI=1S/C27H26Cl2F3N3O/c1-5-23-20(15-19-18-10-8-7-9-16(18)11-12-24(19)36-6-2)26(34(3)4)35(33-23)25-21(28)13-17(14-22(25)29)27(30,31)32/h7-14H,5-6,15H2,1-4H3. The van der Waals surface area contributed by atoms with Crippen molar-refractivity contribution in [2.75, 3.05) is 25.6 Å². The van der Waals surface area contributed by atoms with Crippen LogP contribution in [-0.2, 0) is 19.0 Å². The van der Waals surface area contributed by atoms with Gasteiger partial charge in [-0.05, 0) is 42.3 Å². The molecule has 0 spiro atoms. The summed E-state index contributed by atoms with van der Waals surface area (Å²) in [5.74, 6) is 1.46. The lowest BCUT2D eigenvalue weighted by Crippen LogP contribution is -2.17. The van der Waals surface area contributed by atoms with E-state index in [4.69, 9.17) is 33.0 Å². The smallest absolute Gasteiger partial charge is 0.416 e. The maximum Gasteiger partial charge on any atom is 0.416 e. The van der Waals surface area contributed by atoms with Crippen molar-refractivity contribution >= 4 is 39.8 Å². The highest BCUT2D eigenvalue weighted by Gasteiger charge is 2.33. The van der Waals surface area contributed by atoms with Crippen LogP contribution in [-0.4, -0.2) is 30.5 Å².